The maximum absolute atomic E-state index is 12.8. The highest BCUT2D eigenvalue weighted by molar-refractivity contribution is 5.76. The third-order valence-corrected chi connectivity index (χ3v) is 3.79. The Morgan fingerprint density at radius 1 is 1.42 bits per heavy atom. The molecule has 1 fully saturated rings. The number of aliphatic hydroxyl groups is 1. The highest BCUT2D eigenvalue weighted by Crippen LogP contribution is 2.29. The molecule has 0 aliphatic heterocycles. The zero-order chi connectivity index (χ0) is 13.9. The topological polar surface area (TPSA) is 49.3 Å². The van der Waals surface area contributed by atoms with Crippen LogP contribution in [0, 0.1) is 11.7 Å². The smallest absolute Gasteiger partial charge is 0.220 e. The molecule has 3 nitrogen and oxygen atoms in total. The van der Waals surface area contributed by atoms with Gasteiger partial charge in [-0.05, 0) is 43.4 Å². The van der Waals surface area contributed by atoms with Gasteiger partial charge in [-0.15, -0.1) is 0 Å². The molecule has 0 aromatic heterocycles. The Hall–Kier alpha value is -1.42. The second-order valence-corrected chi connectivity index (χ2v) is 5.56. The van der Waals surface area contributed by atoms with E-state index >= 15 is 0 Å². The van der Waals surface area contributed by atoms with Crippen molar-refractivity contribution in [2.75, 3.05) is 6.54 Å². The average molecular weight is 265 g/mol. The highest BCUT2D eigenvalue weighted by atomic mass is 19.1. The van der Waals surface area contributed by atoms with Crippen molar-refractivity contribution in [3.05, 3.63) is 35.6 Å². The second-order valence-electron chi connectivity index (χ2n) is 5.56. The second kappa shape index (κ2) is 5.70. The fourth-order valence-corrected chi connectivity index (χ4v) is 2.21. The summed E-state index contributed by atoms with van der Waals surface area (Å²) in [5.41, 5.74) is -0.582. The lowest BCUT2D eigenvalue weighted by Crippen LogP contribution is -2.39. The number of hydrogen-bond donors (Lipinski definition) is 2. The van der Waals surface area contributed by atoms with Crippen molar-refractivity contribution in [3.63, 3.8) is 0 Å². The van der Waals surface area contributed by atoms with Crippen molar-refractivity contribution in [2.45, 2.75) is 38.2 Å². The van der Waals surface area contributed by atoms with E-state index in [0.717, 1.165) is 12.8 Å². The van der Waals surface area contributed by atoms with Gasteiger partial charge in [-0.1, -0.05) is 18.6 Å². The summed E-state index contributed by atoms with van der Waals surface area (Å²) in [5, 5.41) is 13.0. The van der Waals surface area contributed by atoms with Gasteiger partial charge in [0.25, 0.3) is 0 Å². The van der Waals surface area contributed by atoms with Gasteiger partial charge in [-0.3, -0.25) is 4.79 Å². The Labute approximate surface area is 112 Å². The molecular formula is C15H20FNO2. The van der Waals surface area contributed by atoms with Gasteiger partial charge in [0, 0.05) is 6.42 Å². The molecule has 4 heteroatoms. The van der Waals surface area contributed by atoms with Crippen LogP contribution in [0.2, 0.25) is 0 Å². The number of amides is 1. The van der Waals surface area contributed by atoms with E-state index < -0.39 is 5.60 Å². The molecule has 1 aliphatic rings. The first kappa shape index (κ1) is 14.0. The molecule has 0 heterocycles. The van der Waals surface area contributed by atoms with Gasteiger partial charge in [-0.2, -0.15) is 0 Å². The molecule has 1 aromatic carbocycles. The van der Waals surface area contributed by atoms with E-state index in [0.29, 0.717) is 17.9 Å². The van der Waals surface area contributed by atoms with E-state index in [1.165, 1.54) is 30.7 Å². The van der Waals surface area contributed by atoms with Gasteiger partial charge < -0.3 is 10.4 Å². The molecular weight excluding hydrogens is 245 g/mol. The minimum atomic E-state index is -1.18. The molecule has 0 spiro atoms. The number of rotatable bonds is 5. The minimum Gasteiger partial charge on any atom is -0.384 e. The standard InChI is InChI=1S/C15H20FNO2/c1-15(19,12-5-7-13(16)8-6-12)10-17-14(18)9-11-3-2-4-11/h5-8,11,19H,2-4,9-10H2,1H3,(H,17,18). The van der Waals surface area contributed by atoms with Crippen molar-refractivity contribution in [1.29, 1.82) is 0 Å². The molecule has 1 unspecified atom stereocenters. The van der Waals surface area contributed by atoms with Gasteiger partial charge >= 0.3 is 0 Å². The largest absolute Gasteiger partial charge is 0.384 e. The molecule has 1 aromatic rings. The van der Waals surface area contributed by atoms with Crippen molar-refractivity contribution < 1.29 is 14.3 Å². The normalized spacial score (nSPS) is 18.5. The van der Waals surface area contributed by atoms with Crippen molar-refractivity contribution in [1.82, 2.24) is 5.32 Å². The van der Waals surface area contributed by atoms with Gasteiger partial charge in [0.15, 0.2) is 0 Å². The molecule has 1 saturated carbocycles. The summed E-state index contributed by atoms with van der Waals surface area (Å²) >= 11 is 0. The number of nitrogens with one attached hydrogen (secondary N) is 1. The Kier molecular flexibility index (Phi) is 4.20. The number of halogens is 1. The van der Waals surface area contributed by atoms with Crippen LogP contribution in [0.4, 0.5) is 4.39 Å². The molecule has 104 valence electrons. The fraction of sp³-hybridized carbons (Fsp3) is 0.533. The SMILES string of the molecule is CC(O)(CNC(=O)CC1CCC1)c1ccc(F)cc1. The van der Waals surface area contributed by atoms with Gasteiger partial charge in [0.2, 0.25) is 5.91 Å². The monoisotopic (exact) mass is 265 g/mol. The van der Waals surface area contributed by atoms with Crippen LogP contribution in [0.1, 0.15) is 38.2 Å². The Bertz CT molecular complexity index is 438. The first-order valence-electron chi connectivity index (χ1n) is 6.72. The lowest BCUT2D eigenvalue weighted by Gasteiger charge is -2.27. The molecule has 0 saturated heterocycles. The molecule has 0 radical (unpaired) electrons. The predicted octanol–water partition coefficient (Wildman–Crippen LogP) is 2.34. The summed E-state index contributed by atoms with van der Waals surface area (Å²) in [5.74, 6) is 0.149. The zero-order valence-electron chi connectivity index (χ0n) is 11.2. The summed E-state index contributed by atoms with van der Waals surface area (Å²) in [6.07, 6.45) is 4.01. The van der Waals surface area contributed by atoms with Crippen LogP contribution in [0.3, 0.4) is 0 Å². The summed E-state index contributed by atoms with van der Waals surface area (Å²) in [7, 11) is 0. The molecule has 2 N–H and O–H groups in total. The first-order chi connectivity index (χ1) is 8.97. The van der Waals surface area contributed by atoms with E-state index in [4.69, 9.17) is 0 Å². The first-order valence-corrected chi connectivity index (χ1v) is 6.72. The summed E-state index contributed by atoms with van der Waals surface area (Å²) in [6, 6.07) is 5.68. The lowest BCUT2D eigenvalue weighted by molar-refractivity contribution is -0.123. The van der Waals surface area contributed by atoms with Crippen molar-refractivity contribution >= 4 is 5.91 Å². The lowest BCUT2D eigenvalue weighted by atomic mass is 9.83. The van der Waals surface area contributed by atoms with Crippen LogP contribution in [0.5, 0.6) is 0 Å². The van der Waals surface area contributed by atoms with E-state index in [1.54, 1.807) is 6.92 Å². The molecule has 2 rings (SSSR count). The maximum atomic E-state index is 12.8. The third kappa shape index (κ3) is 3.77. The van der Waals surface area contributed by atoms with Crippen molar-refractivity contribution in [3.8, 4) is 0 Å². The van der Waals surface area contributed by atoms with Crippen LogP contribution < -0.4 is 5.32 Å². The Balaban J connectivity index is 1.85. The molecule has 1 amide bonds. The van der Waals surface area contributed by atoms with Crippen LogP contribution in [0.15, 0.2) is 24.3 Å². The van der Waals surface area contributed by atoms with E-state index in [2.05, 4.69) is 5.32 Å². The van der Waals surface area contributed by atoms with Crippen LogP contribution in [-0.2, 0) is 10.4 Å². The molecule has 1 aliphatic carbocycles. The molecule has 0 bridgehead atoms. The number of carbonyl (C=O) groups is 1. The Morgan fingerprint density at radius 2 is 2.05 bits per heavy atom. The van der Waals surface area contributed by atoms with Crippen LogP contribution in [0.25, 0.3) is 0 Å². The molecule has 1 atom stereocenters. The van der Waals surface area contributed by atoms with Gasteiger partial charge in [0.1, 0.15) is 11.4 Å². The number of benzene rings is 1. The maximum Gasteiger partial charge on any atom is 0.220 e. The predicted molar refractivity (Wildman–Crippen MR) is 70.9 cm³/mol. The Morgan fingerprint density at radius 3 is 2.58 bits per heavy atom. The van der Waals surface area contributed by atoms with Gasteiger partial charge in [0.05, 0.1) is 6.54 Å². The third-order valence-electron chi connectivity index (χ3n) is 3.79. The number of hydrogen-bond acceptors (Lipinski definition) is 2. The zero-order valence-corrected chi connectivity index (χ0v) is 11.2. The van der Waals surface area contributed by atoms with Crippen LogP contribution in [-0.4, -0.2) is 17.6 Å². The minimum absolute atomic E-state index is 0.0212. The summed E-state index contributed by atoms with van der Waals surface area (Å²) < 4.78 is 12.8. The summed E-state index contributed by atoms with van der Waals surface area (Å²) in [6.45, 7) is 1.76. The van der Waals surface area contributed by atoms with Crippen molar-refractivity contribution in [2.24, 2.45) is 5.92 Å². The van der Waals surface area contributed by atoms with E-state index in [-0.39, 0.29) is 18.3 Å². The van der Waals surface area contributed by atoms with Crippen LogP contribution >= 0.6 is 0 Å². The average Bonchev–Trinajstić information content (AvgIpc) is 2.32. The van der Waals surface area contributed by atoms with E-state index in [1.807, 2.05) is 0 Å². The molecule has 19 heavy (non-hydrogen) atoms. The highest BCUT2D eigenvalue weighted by Gasteiger charge is 2.25. The summed E-state index contributed by atoms with van der Waals surface area (Å²) in [4.78, 5) is 11.7. The quantitative estimate of drug-likeness (QED) is 0.858. The van der Waals surface area contributed by atoms with Gasteiger partial charge in [-0.25, -0.2) is 4.39 Å². The van der Waals surface area contributed by atoms with E-state index in [9.17, 15) is 14.3 Å². The number of carbonyl (C=O) groups excluding carboxylic acids is 1. The fourth-order valence-electron chi connectivity index (χ4n) is 2.21.